The summed E-state index contributed by atoms with van der Waals surface area (Å²) >= 11 is 0. The zero-order chi connectivity index (χ0) is 22.7. The van der Waals surface area contributed by atoms with Crippen LogP contribution in [-0.4, -0.2) is 15.3 Å². The first-order chi connectivity index (χ1) is 15.5. The number of nitrogens with one attached hydrogen (secondary N) is 2. The minimum atomic E-state index is -0.834. The molecule has 7 heteroatoms. The molecule has 0 spiro atoms. The Balaban J connectivity index is 1.71. The number of aromatic nitrogens is 2. The van der Waals surface area contributed by atoms with Gasteiger partial charge in [-0.25, -0.2) is 9.07 Å². The maximum Gasteiger partial charge on any atom is 0.295 e. The number of para-hydroxylation sites is 1. The second-order valence-corrected chi connectivity index (χ2v) is 7.42. The highest BCUT2D eigenvalue weighted by Gasteiger charge is 2.25. The molecule has 1 amide bonds. The fourth-order valence-corrected chi connectivity index (χ4v) is 3.57. The van der Waals surface area contributed by atoms with E-state index in [4.69, 9.17) is 0 Å². The van der Waals surface area contributed by atoms with Crippen LogP contribution in [-0.2, 0) is 11.8 Å². The predicted octanol–water partition coefficient (Wildman–Crippen LogP) is 4.42. The van der Waals surface area contributed by atoms with Crippen LogP contribution >= 0.6 is 0 Å². The average molecular weight is 430 g/mol. The van der Waals surface area contributed by atoms with Crippen LogP contribution in [0.2, 0.25) is 0 Å². The lowest BCUT2D eigenvalue weighted by Gasteiger charge is -2.19. The van der Waals surface area contributed by atoms with Crippen molar-refractivity contribution in [3.8, 4) is 5.69 Å². The minimum Gasteiger partial charge on any atom is -0.364 e. The molecule has 0 radical (unpaired) electrons. The molecule has 0 aliphatic rings. The van der Waals surface area contributed by atoms with Gasteiger partial charge >= 0.3 is 0 Å². The molecule has 6 nitrogen and oxygen atoms in total. The van der Waals surface area contributed by atoms with Crippen molar-refractivity contribution in [3.05, 3.63) is 112 Å². The summed E-state index contributed by atoms with van der Waals surface area (Å²) in [6, 6.07) is 23.2. The van der Waals surface area contributed by atoms with Gasteiger partial charge in [0.05, 0.1) is 11.4 Å². The highest BCUT2D eigenvalue weighted by atomic mass is 19.1. The van der Waals surface area contributed by atoms with Crippen molar-refractivity contribution >= 4 is 17.3 Å². The number of rotatable bonds is 6. The van der Waals surface area contributed by atoms with Gasteiger partial charge in [0.2, 0.25) is 0 Å². The first-order valence-electron chi connectivity index (χ1n) is 10.2. The van der Waals surface area contributed by atoms with E-state index in [-0.39, 0.29) is 17.3 Å². The second-order valence-electron chi connectivity index (χ2n) is 7.42. The van der Waals surface area contributed by atoms with Gasteiger partial charge in [0, 0.05) is 12.7 Å². The van der Waals surface area contributed by atoms with Crippen molar-refractivity contribution in [1.82, 2.24) is 9.36 Å². The third kappa shape index (κ3) is 4.18. The molecule has 1 heterocycles. The molecule has 3 aromatic carbocycles. The Hall–Kier alpha value is -4.13. The van der Waals surface area contributed by atoms with Gasteiger partial charge in [-0.2, -0.15) is 0 Å². The van der Waals surface area contributed by atoms with E-state index in [1.54, 1.807) is 16.4 Å². The standard InChI is InChI=1S/C25H23FN4O2/c1-17-22(25(32)30(29(17)2)21-11-7-4-8-12-21)28-23(18-9-5-3-6-10-18)24(31)27-20-15-13-19(26)14-16-20/h3-16,23,28H,1-2H3,(H,27,31)/t23-/m0/s1. The summed E-state index contributed by atoms with van der Waals surface area (Å²) in [6.45, 7) is 1.82. The van der Waals surface area contributed by atoms with Gasteiger partial charge in [0.15, 0.2) is 0 Å². The number of benzene rings is 3. The molecule has 162 valence electrons. The summed E-state index contributed by atoms with van der Waals surface area (Å²) in [5.41, 5.74) is 2.65. The van der Waals surface area contributed by atoms with Crippen LogP contribution < -0.4 is 16.2 Å². The summed E-state index contributed by atoms with van der Waals surface area (Å²) in [6.07, 6.45) is 0. The van der Waals surface area contributed by atoms with Gasteiger partial charge in [-0.05, 0) is 48.9 Å². The van der Waals surface area contributed by atoms with Crippen molar-refractivity contribution in [3.63, 3.8) is 0 Å². The van der Waals surface area contributed by atoms with Gasteiger partial charge in [-0.15, -0.1) is 0 Å². The Morgan fingerprint density at radius 1 is 0.906 bits per heavy atom. The fraction of sp³-hybridized carbons (Fsp3) is 0.120. The maximum absolute atomic E-state index is 13.3. The fourth-order valence-electron chi connectivity index (χ4n) is 3.57. The van der Waals surface area contributed by atoms with Crippen LogP contribution in [0.4, 0.5) is 15.8 Å². The summed E-state index contributed by atoms with van der Waals surface area (Å²) in [7, 11) is 1.80. The molecule has 1 atom stereocenters. The molecule has 0 bridgehead atoms. The Morgan fingerprint density at radius 2 is 1.50 bits per heavy atom. The third-order valence-corrected chi connectivity index (χ3v) is 5.35. The highest BCUT2D eigenvalue weighted by molar-refractivity contribution is 5.97. The molecule has 0 saturated heterocycles. The molecule has 0 unspecified atom stereocenters. The Labute approximate surface area is 184 Å². The average Bonchev–Trinajstić information content (AvgIpc) is 3.02. The van der Waals surface area contributed by atoms with Crippen LogP contribution in [0.1, 0.15) is 17.3 Å². The summed E-state index contributed by atoms with van der Waals surface area (Å²) in [5.74, 6) is -0.751. The monoisotopic (exact) mass is 430 g/mol. The lowest BCUT2D eigenvalue weighted by molar-refractivity contribution is -0.117. The molecule has 32 heavy (non-hydrogen) atoms. The zero-order valence-corrected chi connectivity index (χ0v) is 17.7. The number of carbonyl (C=O) groups is 1. The normalized spacial score (nSPS) is 11.7. The van der Waals surface area contributed by atoms with Gasteiger partial charge in [0.25, 0.3) is 11.5 Å². The number of anilines is 2. The Morgan fingerprint density at radius 3 is 2.12 bits per heavy atom. The Bertz CT molecular complexity index is 1280. The van der Waals surface area contributed by atoms with Gasteiger partial charge in [-0.3, -0.25) is 14.3 Å². The summed E-state index contributed by atoms with van der Waals surface area (Å²) in [4.78, 5) is 26.5. The minimum absolute atomic E-state index is 0.258. The molecule has 0 fully saturated rings. The quantitative estimate of drug-likeness (QED) is 0.476. The van der Waals surface area contributed by atoms with Gasteiger partial charge < -0.3 is 10.6 Å². The maximum atomic E-state index is 13.3. The zero-order valence-electron chi connectivity index (χ0n) is 17.7. The molecule has 2 N–H and O–H groups in total. The van der Waals surface area contributed by atoms with Crippen LogP contribution in [0.25, 0.3) is 5.69 Å². The topological polar surface area (TPSA) is 68.1 Å². The van der Waals surface area contributed by atoms with E-state index in [2.05, 4.69) is 10.6 Å². The molecule has 4 rings (SSSR count). The van der Waals surface area contributed by atoms with Crippen molar-refractivity contribution < 1.29 is 9.18 Å². The first kappa shape index (κ1) is 21.1. The van der Waals surface area contributed by atoms with Crippen LogP contribution in [0, 0.1) is 12.7 Å². The van der Waals surface area contributed by atoms with Crippen LogP contribution in [0.3, 0.4) is 0 Å². The van der Waals surface area contributed by atoms with Crippen molar-refractivity contribution in [2.24, 2.45) is 7.05 Å². The molecule has 1 aromatic heterocycles. The van der Waals surface area contributed by atoms with E-state index in [9.17, 15) is 14.0 Å². The van der Waals surface area contributed by atoms with E-state index < -0.39 is 6.04 Å². The largest absolute Gasteiger partial charge is 0.364 e. The van der Waals surface area contributed by atoms with Crippen LogP contribution in [0.5, 0.6) is 0 Å². The lowest BCUT2D eigenvalue weighted by Crippen LogP contribution is -2.29. The molecule has 0 saturated carbocycles. The summed E-state index contributed by atoms with van der Waals surface area (Å²) < 4.78 is 16.5. The molecule has 4 aromatic rings. The smallest absolute Gasteiger partial charge is 0.295 e. The van der Waals surface area contributed by atoms with E-state index >= 15 is 0 Å². The number of halogens is 1. The van der Waals surface area contributed by atoms with Crippen LogP contribution in [0.15, 0.2) is 89.7 Å². The van der Waals surface area contributed by atoms with Gasteiger partial charge in [0.1, 0.15) is 17.5 Å². The first-order valence-corrected chi connectivity index (χ1v) is 10.2. The molecule has 0 aliphatic carbocycles. The summed E-state index contributed by atoms with van der Waals surface area (Å²) in [5, 5.41) is 5.95. The number of nitrogens with zero attached hydrogens (tertiary/aromatic N) is 2. The molecule has 0 aliphatic heterocycles. The van der Waals surface area contributed by atoms with E-state index in [0.717, 1.165) is 5.69 Å². The van der Waals surface area contributed by atoms with E-state index in [1.807, 2.05) is 67.6 Å². The number of hydrogen-bond acceptors (Lipinski definition) is 3. The molecular weight excluding hydrogens is 407 g/mol. The van der Waals surface area contributed by atoms with Crippen molar-refractivity contribution in [2.45, 2.75) is 13.0 Å². The van der Waals surface area contributed by atoms with Crippen molar-refractivity contribution in [1.29, 1.82) is 0 Å². The molecular formula is C25H23FN4O2. The number of carbonyl (C=O) groups excluding carboxylic acids is 1. The highest BCUT2D eigenvalue weighted by Crippen LogP contribution is 2.23. The van der Waals surface area contributed by atoms with Gasteiger partial charge in [-0.1, -0.05) is 48.5 Å². The van der Waals surface area contributed by atoms with E-state index in [1.165, 1.54) is 24.3 Å². The lowest BCUT2D eigenvalue weighted by atomic mass is 10.1. The van der Waals surface area contributed by atoms with E-state index in [0.29, 0.717) is 22.6 Å². The SMILES string of the molecule is Cc1c(N[C@H](C(=O)Nc2ccc(F)cc2)c2ccccc2)c(=O)n(-c2ccccc2)n1C. The second kappa shape index (κ2) is 8.93. The number of amides is 1. The van der Waals surface area contributed by atoms with Crippen molar-refractivity contribution in [2.75, 3.05) is 10.6 Å². The third-order valence-electron chi connectivity index (χ3n) is 5.35. The predicted molar refractivity (Wildman–Crippen MR) is 124 cm³/mol. The number of hydrogen-bond donors (Lipinski definition) is 2. The Kier molecular flexibility index (Phi) is 5.89.